The molecule has 1 aromatic rings. The van der Waals surface area contributed by atoms with E-state index in [1.807, 2.05) is 11.5 Å². The molecule has 2 aliphatic rings. The SMILES string of the molecule is CC1(CNS(=O)(=O)c2cc(CO)n(C3CC3)c2)CCCO1. The maximum atomic E-state index is 12.4. The Morgan fingerprint density at radius 2 is 2.29 bits per heavy atom. The maximum absolute atomic E-state index is 12.4. The van der Waals surface area contributed by atoms with Crippen molar-refractivity contribution in [1.82, 2.24) is 9.29 Å². The van der Waals surface area contributed by atoms with Gasteiger partial charge in [-0.05, 0) is 38.7 Å². The van der Waals surface area contributed by atoms with Gasteiger partial charge in [-0.3, -0.25) is 0 Å². The van der Waals surface area contributed by atoms with E-state index in [-0.39, 0.29) is 18.0 Å². The van der Waals surface area contributed by atoms with Crippen LogP contribution in [-0.4, -0.2) is 36.8 Å². The number of aliphatic hydroxyl groups excluding tert-OH is 1. The second-order valence-corrected chi connectivity index (χ2v) is 7.96. The minimum absolute atomic E-state index is 0.146. The van der Waals surface area contributed by atoms with Crippen LogP contribution < -0.4 is 4.72 Å². The zero-order valence-corrected chi connectivity index (χ0v) is 13.0. The molecular weight excluding hydrogens is 292 g/mol. The molecule has 0 spiro atoms. The summed E-state index contributed by atoms with van der Waals surface area (Å²) >= 11 is 0. The minimum atomic E-state index is -3.57. The molecule has 1 saturated carbocycles. The number of hydrogen-bond acceptors (Lipinski definition) is 4. The van der Waals surface area contributed by atoms with Crippen molar-refractivity contribution in [3.63, 3.8) is 0 Å². The van der Waals surface area contributed by atoms with E-state index in [2.05, 4.69) is 4.72 Å². The van der Waals surface area contributed by atoms with Crippen LogP contribution in [0.3, 0.4) is 0 Å². The first-order valence-corrected chi connectivity index (χ1v) is 8.87. The number of sulfonamides is 1. The van der Waals surface area contributed by atoms with Gasteiger partial charge < -0.3 is 14.4 Å². The fourth-order valence-electron chi connectivity index (χ4n) is 2.77. The second-order valence-electron chi connectivity index (χ2n) is 6.19. The molecule has 1 aromatic heterocycles. The first-order chi connectivity index (χ1) is 9.93. The summed E-state index contributed by atoms with van der Waals surface area (Å²) in [5.74, 6) is 0. The van der Waals surface area contributed by atoms with Gasteiger partial charge in [-0.15, -0.1) is 0 Å². The average Bonchev–Trinajstić information content (AvgIpc) is 3.05. The summed E-state index contributed by atoms with van der Waals surface area (Å²) in [6.07, 6.45) is 5.54. The lowest BCUT2D eigenvalue weighted by Crippen LogP contribution is -2.39. The number of rotatable bonds is 6. The summed E-state index contributed by atoms with van der Waals surface area (Å²) in [7, 11) is -3.57. The summed E-state index contributed by atoms with van der Waals surface area (Å²) in [6.45, 7) is 2.74. The van der Waals surface area contributed by atoms with E-state index in [9.17, 15) is 13.5 Å². The Morgan fingerprint density at radius 3 is 2.86 bits per heavy atom. The largest absolute Gasteiger partial charge is 0.390 e. The van der Waals surface area contributed by atoms with Gasteiger partial charge in [-0.2, -0.15) is 0 Å². The molecule has 0 radical (unpaired) electrons. The molecule has 21 heavy (non-hydrogen) atoms. The normalized spacial score (nSPS) is 26.4. The third kappa shape index (κ3) is 3.15. The van der Waals surface area contributed by atoms with Crippen molar-refractivity contribution >= 4 is 10.0 Å². The molecule has 2 N–H and O–H groups in total. The van der Waals surface area contributed by atoms with Crippen LogP contribution >= 0.6 is 0 Å². The van der Waals surface area contributed by atoms with Gasteiger partial charge in [0.1, 0.15) is 0 Å². The molecule has 0 aromatic carbocycles. The van der Waals surface area contributed by atoms with Gasteiger partial charge in [0.2, 0.25) is 10.0 Å². The molecule has 1 unspecified atom stereocenters. The van der Waals surface area contributed by atoms with Crippen LogP contribution in [0.4, 0.5) is 0 Å². The van der Waals surface area contributed by atoms with Gasteiger partial charge in [0, 0.05) is 31.1 Å². The third-order valence-corrected chi connectivity index (χ3v) is 5.62. The molecule has 0 amide bonds. The monoisotopic (exact) mass is 314 g/mol. The number of aliphatic hydroxyl groups is 1. The topological polar surface area (TPSA) is 80.6 Å². The maximum Gasteiger partial charge on any atom is 0.242 e. The highest BCUT2D eigenvalue weighted by Gasteiger charge is 2.32. The lowest BCUT2D eigenvalue weighted by Gasteiger charge is -2.23. The van der Waals surface area contributed by atoms with Crippen LogP contribution in [0.2, 0.25) is 0 Å². The molecule has 0 bridgehead atoms. The molecule has 6 nitrogen and oxygen atoms in total. The molecular formula is C14H22N2O4S. The van der Waals surface area contributed by atoms with Gasteiger partial charge >= 0.3 is 0 Å². The first-order valence-electron chi connectivity index (χ1n) is 7.39. The lowest BCUT2D eigenvalue weighted by molar-refractivity contribution is 0.0250. The van der Waals surface area contributed by atoms with Gasteiger partial charge in [0.15, 0.2) is 0 Å². The highest BCUT2D eigenvalue weighted by Crippen LogP contribution is 2.37. The first kappa shape index (κ1) is 15.0. The summed E-state index contributed by atoms with van der Waals surface area (Å²) in [5, 5.41) is 9.36. The molecule has 1 aliphatic heterocycles. The van der Waals surface area contributed by atoms with Crippen LogP contribution in [0.1, 0.15) is 44.3 Å². The lowest BCUT2D eigenvalue weighted by atomic mass is 10.0. The molecule has 7 heteroatoms. The Morgan fingerprint density at radius 1 is 1.52 bits per heavy atom. The van der Waals surface area contributed by atoms with E-state index in [0.717, 1.165) is 25.7 Å². The average molecular weight is 314 g/mol. The predicted molar refractivity (Wildman–Crippen MR) is 77.4 cm³/mol. The summed E-state index contributed by atoms with van der Waals surface area (Å²) in [5.41, 5.74) is 0.243. The Balaban J connectivity index is 1.75. The van der Waals surface area contributed by atoms with Crippen LogP contribution in [0.25, 0.3) is 0 Å². The fraction of sp³-hybridized carbons (Fsp3) is 0.714. The van der Waals surface area contributed by atoms with Gasteiger partial charge in [0.05, 0.1) is 17.1 Å². The quantitative estimate of drug-likeness (QED) is 0.826. The molecule has 1 saturated heterocycles. The number of nitrogens with one attached hydrogen (secondary N) is 1. The molecule has 2 heterocycles. The Kier molecular flexibility index (Phi) is 3.85. The highest BCUT2D eigenvalue weighted by molar-refractivity contribution is 7.89. The molecule has 2 fully saturated rings. The molecule has 1 atom stereocenters. The van der Waals surface area contributed by atoms with Crippen molar-refractivity contribution in [2.75, 3.05) is 13.2 Å². The predicted octanol–water partition coefficient (Wildman–Crippen LogP) is 1.16. The Hall–Kier alpha value is -0.890. The number of nitrogens with zero attached hydrogens (tertiary/aromatic N) is 1. The number of ether oxygens (including phenoxy) is 1. The van der Waals surface area contributed by atoms with Crippen molar-refractivity contribution in [3.8, 4) is 0 Å². The van der Waals surface area contributed by atoms with Crippen LogP contribution in [0.15, 0.2) is 17.2 Å². The summed E-state index contributed by atoms with van der Waals surface area (Å²) in [4.78, 5) is 0.222. The van der Waals surface area contributed by atoms with E-state index >= 15 is 0 Å². The highest BCUT2D eigenvalue weighted by atomic mass is 32.2. The van der Waals surface area contributed by atoms with Crippen molar-refractivity contribution in [3.05, 3.63) is 18.0 Å². The van der Waals surface area contributed by atoms with Crippen LogP contribution in [0, 0.1) is 0 Å². The third-order valence-electron chi connectivity index (χ3n) is 4.26. The van der Waals surface area contributed by atoms with Crippen molar-refractivity contribution in [1.29, 1.82) is 0 Å². The van der Waals surface area contributed by atoms with Crippen molar-refractivity contribution in [2.24, 2.45) is 0 Å². The van der Waals surface area contributed by atoms with E-state index in [0.29, 0.717) is 18.3 Å². The number of hydrogen-bond donors (Lipinski definition) is 2. The molecule has 1 aliphatic carbocycles. The van der Waals surface area contributed by atoms with Gasteiger partial charge in [-0.25, -0.2) is 13.1 Å². The van der Waals surface area contributed by atoms with Crippen LogP contribution in [0.5, 0.6) is 0 Å². The summed E-state index contributed by atoms with van der Waals surface area (Å²) < 4.78 is 34.9. The minimum Gasteiger partial charge on any atom is -0.390 e. The van der Waals surface area contributed by atoms with Crippen LogP contribution in [-0.2, 0) is 21.4 Å². The second kappa shape index (κ2) is 5.39. The van der Waals surface area contributed by atoms with E-state index in [4.69, 9.17) is 4.74 Å². The number of aromatic nitrogens is 1. The zero-order chi connectivity index (χ0) is 15.1. The van der Waals surface area contributed by atoms with Gasteiger partial charge in [0.25, 0.3) is 0 Å². The zero-order valence-electron chi connectivity index (χ0n) is 12.2. The Labute approximate surface area is 125 Å². The molecule has 118 valence electrons. The van der Waals surface area contributed by atoms with E-state index in [1.165, 1.54) is 0 Å². The van der Waals surface area contributed by atoms with Crippen molar-refractivity contribution in [2.45, 2.75) is 55.8 Å². The Bertz CT molecular complexity index is 613. The fourth-order valence-corrected chi connectivity index (χ4v) is 3.98. The van der Waals surface area contributed by atoms with Gasteiger partial charge in [-0.1, -0.05) is 0 Å². The van der Waals surface area contributed by atoms with Crippen molar-refractivity contribution < 1.29 is 18.3 Å². The summed E-state index contributed by atoms with van der Waals surface area (Å²) in [6, 6.07) is 1.89. The smallest absolute Gasteiger partial charge is 0.242 e. The van der Waals surface area contributed by atoms with E-state index in [1.54, 1.807) is 12.3 Å². The molecule has 3 rings (SSSR count). The standard InChI is InChI=1S/C14H22N2O4S/c1-14(5-2-6-20-14)10-15-21(18,19)13-7-12(9-17)16(8-13)11-3-4-11/h7-8,11,15,17H,2-6,9-10H2,1H3. The van der Waals surface area contributed by atoms with E-state index < -0.39 is 15.6 Å².